The molecule has 0 aliphatic carbocycles. The molecule has 1 heterocycles. The van der Waals surface area contributed by atoms with Gasteiger partial charge in [0.25, 0.3) is 0 Å². The summed E-state index contributed by atoms with van der Waals surface area (Å²) >= 11 is 0. The van der Waals surface area contributed by atoms with Crippen LogP contribution in [0.15, 0.2) is 24.3 Å². The first kappa shape index (κ1) is 17.3. The Morgan fingerprint density at radius 1 is 1.13 bits per heavy atom. The van der Waals surface area contributed by atoms with Crippen LogP contribution in [0.1, 0.15) is 20.3 Å². The second kappa shape index (κ2) is 8.53. The van der Waals surface area contributed by atoms with Crippen molar-refractivity contribution in [1.82, 2.24) is 4.90 Å². The van der Waals surface area contributed by atoms with Crippen LogP contribution in [0.5, 0.6) is 0 Å². The first-order chi connectivity index (χ1) is 11.0. The molecular weight excluding hydrogens is 294 g/mol. The summed E-state index contributed by atoms with van der Waals surface area (Å²) in [6.07, 6.45) is 0.508. The van der Waals surface area contributed by atoms with Gasteiger partial charge in [-0.3, -0.25) is 9.59 Å². The maximum Gasteiger partial charge on any atom is 0.242 e. The van der Waals surface area contributed by atoms with Crippen molar-refractivity contribution >= 4 is 23.2 Å². The molecule has 0 bridgehead atoms. The van der Waals surface area contributed by atoms with E-state index >= 15 is 0 Å². The summed E-state index contributed by atoms with van der Waals surface area (Å²) in [6, 6.07) is 7.38. The van der Waals surface area contributed by atoms with Crippen molar-refractivity contribution in [3.05, 3.63) is 24.3 Å². The van der Waals surface area contributed by atoms with Gasteiger partial charge in [-0.05, 0) is 30.2 Å². The van der Waals surface area contributed by atoms with Crippen LogP contribution in [0.25, 0.3) is 0 Å². The molecule has 0 radical (unpaired) electrons. The molecular formula is C17H25N3O3. The van der Waals surface area contributed by atoms with Crippen molar-refractivity contribution < 1.29 is 14.3 Å². The largest absolute Gasteiger partial charge is 0.378 e. The quantitative estimate of drug-likeness (QED) is 0.841. The molecule has 1 aromatic carbocycles. The van der Waals surface area contributed by atoms with Crippen molar-refractivity contribution in [2.45, 2.75) is 20.3 Å². The van der Waals surface area contributed by atoms with E-state index in [1.54, 1.807) is 4.90 Å². The van der Waals surface area contributed by atoms with Crippen molar-refractivity contribution in [3.8, 4) is 0 Å². The monoisotopic (exact) mass is 319 g/mol. The Kier molecular flexibility index (Phi) is 6.40. The number of ether oxygens (including phenoxy) is 1. The Balaban J connectivity index is 1.78. The van der Waals surface area contributed by atoms with Crippen molar-refractivity contribution in [1.29, 1.82) is 0 Å². The van der Waals surface area contributed by atoms with Gasteiger partial charge in [-0.15, -0.1) is 0 Å². The molecule has 6 heteroatoms. The number of anilines is 2. The highest BCUT2D eigenvalue weighted by atomic mass is 16.5. The molecule has 2 N–H and O–H groups in total. The molecule has 0 atom stereocenters. The van der Waals surface area contributed by atoms with E-state index in [1.165, 1.54) is 0 Å². The molecule has 1 aliphatic heterocycles. The maximum atomic E-state index is 12.0. The van der Waals surface area contributed by atoms with E-state index in [0.717, 1.165) is 11.4 Å². The standard InChI is InChI=1S/C17H25N3O3/c1-13(2)11-16(21)19-15-5-3-14(4-6-15)18-12-17(22)20-7-9-23-10-8-20/h3-6,13,18H,7-12H2,1-2H3,(H,19,21). The summed E-state index contributed by atoms with van der Waals surface area (Å²) in [4.78, 5) is 25.6. The third kappa shape index (κ3) is 5.90. The van der Waals surface area contributed by atoms with E-state index in [2.05, 4.69) is 10.6 Å². The lowest BCUT2D eigenvalue weighted by Crippen LogP contribution is -2.43. The zero-order chi connectivity index (χ0) is 16.7. The molecule has 1 saturated heterocycles. The van der Waals surface area contributed by atoms with E-state index in [1.807, 2.05) is 38.1 Å². The SMILES string of the molecule is CC(C)CC(=O)Nc1ccc(NCC(=O)N2CCOCC2)cc1. The van der Waals surface area contributed by atoms with Crippen LogP contribution < -0.4 is 10.6 Å². The van der Waals surface area contributed by atoms with Gasteiger partial charge in [-0.25, -0.2) is 0 Å². The van der Waals surface area contributed by atoms with E-state index in [0.29, 0.717) is 38.6 Å². The highest BCUT2D eigenvalue weighted by Crippen LogP contribution is 2.14. The first-order valence-electron chi connectivity index (χ1n) is 8.04. The number of rotatable bonds is 6. The minimum absolute atomic E-state index is 0.0169. The summed E-state index contributed by atoms with van der Waals surface area (Å²) in [5.41, 5.74) is 1.62. The van der Waals surface area contributed by atoms with Gasteiger partial charge in [0.05, 0.1) is 19.8 Å². The average Bonchev–Trinajstić information content (AvgIpc) is 2.54. The molecule has 1 aromatic rings. The Labute approximate surface area is 137 Å². The van der Waals surface area contributed by atoms with Gasteiger partial charge in [-0.1, -0.05) is 13.8 Å². The average molecular weight is 319 g/mol. The number of nitrogens with zero attached hydrogens (tertiary/aromatic N) is 1. The molecule has 1 fully saturated rings. The molecule has 2 amide bonds. The number of amides is 2. The summed E-state index contributed by atoms with van der Waals surface area (Å²) in [6.45, 7) is 6.81. The van der Waals surface area contributed by atoms with Gasteiger partial charge in [0.15, 0.2) is 0 Å². The summed E-state index contributed by atoms with van der Waals surface area (Å²) < 4.78 is 5.23. The Bertz CT molecular complexity index is 522. The van der Waals surface area contributed by atoms with Crippen LogP contribution >= 0.6 is 0 Å². The Morgan fingerprint density at radius 3 is 2.35 bits per heavy atom. The topological polar surface area (TPSA) is 70.7 Å². The van der Waals surface area contributed by atoms with Crippen molar-refractivity contribution in [3.63, 3.8) is 0 Å². The van der Waals surface area contributed by atoms with Gasteiger partial charge >= 0.3 is 0 Å². The van der Waals surface area contributed by atoms with Gasteiger partial charge < -0.3 is 20.3 Å². The number of carbonyl (C=O) groups excluding carboxylic acids is 2. The summed E-state index contributed by atoms with van der Waals surface area (Å²) in [5.74, 6) is 0.424. The molecule has 0 saturated carbocycles. The van der Waals surface area contributed by atoms with E-state index in [-0.39, 0.29) is 18.4 Å². The molecule has 126 valence electrons. The second-order valence-electron chi connectivity index (χ2n) is 6.07. The number of benzene rings is 1. The molecule has 0 aromatic heterocycles. The van der Waals surface area contributed by atoms with Gasteiger partial charge in [0.2, 0.25) is 11.8 Å². The number of hydrogen-bond donors (Lipinski definition) is 2. The van der Waals surface area contributed by atoms with Gasteiger partial charge in [0, 0.05) is 30.9 Å². The van der Waals surface area contributed by atoms with E-state index < -0.39 is 0 Å². The van der Waals surface area contributed by atoms with Crippen molar-refractivity contribution in [2.24, 2.45) is 5.92 Å². The van der Waals surface area contributed by atoms with Gasteiger partial charge in [0.1, 0.15) is 0 Å². The summed E-state index contributed by atoms with van der Waals surface area (Å²) in [5, 5.41) is 5.97. The first-order valence-corrected chi connectivity index (χ1v) is 8.04. The van der Waals surface area contributed by atoms with Crippen LogP contribution in [0.2, 0.25) is 0 Å². The third-order valence-corrected chi connectivity index (χ3v) is 3.57. The number of nitrogens with one attached hydrogen (secondary N) is 2. The fourth-order valence-electron chi connectivity index (χ4n) is 2.36. The predicted octanol–water partition coefficient (Wildman–Crippen LogP) is 1.94. The maximum absolute atomic E-state index is 12.0. The number of carbonyl (C=O) groups is 2. The van der Waals surface area contributed by atoms with E-state index in [9.17, 15) is 9.59 Å². The normalized spacial score (nSPS) is 14.7. The van der Waals surface area contributed by atoms with Crippen LogP contribution in [0, 0.1) is 5.92 Å². The lowest BCUT2D eigenvalue weighted by Gasteiger charge is -2.27. The predicted molar refractivity (Wildman–Crippen MR) is 90.4 cm³/mol. The fraction of sp³-hybridized carbons (Fsp3) is 0.529. The van der Waals surface area contributed by atoms with Crippen LogP contribution in [-0.2, 0) is 14.3 Å². The smallest absolute Gasteiger partial charge is 0.242 e. The summed E-state index contributed by atoms with van der Waals surface area (Å²) in [7, 11) is 0. The molecule has 1 aliphatic rings. The zero-order valence-corrected chi connectivity index (χ0v) is 13.8. The molecule has 0 spiro atoms. The third-order valence-electron chi connectivity index (χ3n) is 3.57. The highest BCUT2D eigenvalue weighted by molar-refractivity contribution is 5.91. The molecule has 2 rings (SSSR count). The van der Waals surface area contributed by atoms with Crippen LogP contribution in [-0.4, -0.2) is 49.6 Å². The van der Waals surface area contributed by atoms with Crippen LogP contribution in [0.3, 0.4) is 0 Å². The lowest BCUT2D eigenvalue weighted by atomic mass is 10.1. The minimum Gasteiger partial charge on any atom is -0.378 e. The molecule has 23 heavy (non-hydrogen) atoms. The van der Waals surface area contributed by atoms with Crippen molar-refractivity contribution in [2.75, 3.05) is 43.5 Å². The lowest BCUT2D eigenvalue weighted by molar-refractivity contribution is -0.133. The molecule has 6 nitrogen and oxygen atoms in total. The number of morpholine rings is 1. The second-order valence-corrected chi connectivity index (χ2v) is 6.07. The fourth-order valence-corrected chi connectivity index (χ4v) is 2.36. The number of hydrogen-bond acceptors (Lipinski definition) is 4. The minimum atomic E-state index is 0.0169. The van der Waals surface area contributed by atoms with E-state index in [4.69, 9.17) is 4.74 Å². The Hall–Kier alpha value is -2.08. The highest BCUT2D eigenvalue weighted by Gasteiger charge is 2.16. The molecule has 0 unspecified atom stereocenters. The van der Waals surface area contributed by atoms with Gasteiger partial charge in [-0.2, -0.15) is 0 Å². The van der Waals surface area contributed by atoms with Crippen LogP contribution in [0.4, 0.5) is 11.4 Å². The Morgan fingerprint density at radius 2 is 1.74 bits per heavy atom. The zero-order valence-electron chi connectivity index (χ0n) is 13.8.